The summed E-state index contributed by atoms with van der Waals surface area (Å²) in [4.78, 5) is 0. The van der Waals surface area contributed by atoms with E-state index in [1.807, 2.05) is 18.2 Å². The Kier molecular flexibility index (Phi) is 5.25. The van der Waals surface area contributed by atoms with E-state index in [1.165, 1.54) is 11.1 Å². The molecule has 1 heterocycles. The lowest BCUT2D eigenvalue weighted by molar-refractivity contribution is 0.545. The molecule has 0 radical (unpaired) electrons. The summed E-state index contributed by atoms with van der Waals surface area (Å²) in [5.41, 5.74) is 2.59. The van der Waals surface area contributed by atoms with Crippen LogP contribution in [0, 0.1) is 0 Å². The minimum absolute atomic E-state index is 0.450. The largest absolute Gasteiger partial charge is 0.310 e. The van der Waals surface area contributed by atoms with E-state index >= 15 is 0 Å². The van der Waals surface area contributed by atoms with Gasteiger partial charge in [0, 0.05) is 22.1 Å². The molecule has 1 unspecified atom stereocenters. The highest BCUT2D eigenvalue weighted by Gasteiger charge is 2.06. The topological polar surface area (TPSA) is 12.0 Å². The van der Waals surface area contributed by atoms with Gasteiger partial charge in [0.2, 0.25) is 0 Å². The highest BCUT2D eigenvalue weighted by molar-refractivity contribution is 9.10. The van der Waals surface area contributed by atoms with Gasteiger partial charge in [0.15, 0.2) is 0 Å². The van der Waals surface area contributed by atoms with Crippen LogP contribution in [0.1, 0.15) is 18.1 Å². The van der Waals surface area contributed by atoms with Gasteiger partial charge in [-0.05, 0) is 59.5 Å². The van der Waals surface area contributed by atoms with Crippen molar-refractivity contribution in [3.8, 4) is 0 Å². The van der Waals surface area contributed by atoms with E-state index in [2.05, 4.69) is 45.0 Å². The average molecular weight is 345 g/mol. The van der Waals surface area contributed by atoms with E-state index in [0.717, 1.165) is 22.5 Å². The Bertz CT molecular complexity index is 499. The van der Waals surface area contributed by atoms with Crippen LogP contribution in [0.3, 0.4) is 0 Å². The summed E-state index contributed by atoms with van der Waals surface area (Å²) >= 11 is 11.3. The number of benzene rings is 1. The first-order valence-electron chi connectivity index (χ1n) is 5.83. The molecule has 1 aromatic heterocycles. The van der Waals surface area contributed by atoms with Crippen LogP contribution in [0.2, 0.25) is 5.02 Å². The molecule has 0 bridgehead atoms. The summed E-state index contributed by atoms with van der Waals surface area (Å²) in [7, 11) is 0. The Hall–Kier alpha value is -0.350. The number of halogens is 2. The van der Waals surface area contributed by atoms with Crippen molar-refractivity contribution in [2.45, 2.75) is 25.9 Å². The molecule has 0 aliphatic carbocycles. The summed E-state index contributed by atoms with van der Waals surface area (Å²) in [5, 5.41) is 8.62. The van der Waals surface area contributed by atoms with Crippen LogP contribution in [0.4, 0.5) is 0 Å². The molecule has 2 aromatic rings. The van der Waals surface area contributed by atoms with Gasteiger partial charge in [-0.2, -0.15) is 11.3 Å². The third kappa shape index (κ3) is 4.09. The molecule has 1 aromatic carbocycles. The minimum Gasteiger partial charge on any atom is -0.310 e. The fourth-order valence-corrected chi connectivity index (χ4v) is 3.06. The number of nitrogens with one attached hydrogen (secondary N) is 1. The molecule has 4 heteroatoms. The average Bonchev–Trinajstić information content (AvgIpc) is 2.83. The van der Waals surface area contributed by atoms with Crippen molar-refractivity contribution < 1.29 is 0 Å². The second-order valence-corrected chi connectivity index (χ2v) is 6.42. The third-order valence-corrected chi connectivity index (χ3v) is 4.51. The van der Waals surface area contributed by atoms with Crippen LogP contribution < -0.4 is 5.32 Å². The zero-order valence-corrected chi connectivity index (χ0v) is 13.3. The van der Waals surface area contributed by atoms with Gasteiger partial charge in [0.25, 0.3) is 0 Å². The van der Waals surface area contributed by atoms with E-state index in [4.69, 9.17) is 11.6 Å². The Morgan fingerprint density at radius 1 is 1.39 bits per heavy atom. The summed E-state index contributed by atoms with van der Waals surface area (Å²) < 4.78 is 1.10. The number of hydrogen-bond acceptors (Lipinski definition) is 2. The maximum absolute atomic E-state index is 6.00. The lowest BCUT2D eigenvalue weighted by Gasteiger charge is -2.14. The molecule has 0 spiro atoms. The third-order valence-electron chi connectivity index (χ3n) is 2.77. The Labute approximate surface area is 125 Å². The number of hydrogen-bond donors (Lipinski definition) is 1. The molecule has 1 nitrogen and oxygen atoms in total. The lowest BCUT2D eigenvalue weighted by atomic mass is 10.1. The smallest absolute Gasteiger partial charge is 0.0410 e. The summed E-state index contributed by atoms with van der Waals surface area (Å²) in [6.07, 6.45) is 1.06. The Balaban J connectivity index is 1.89. The fourth-order valence-electron chi connectivity index (χ4n) is 1.80. The van der Waals surface area contributed by atoms with Crippen molar-refractivity contribution in [3.63, 3.8) is 0 Å². The van der Waals surface area contributed by atoms with Gasteiger partial charge in [0.05, 0.1) is 0 Å². The monoisotopic (exact) mass is 343 g/mol. The maximum Gasteiger partial charge on any atom is 0.0410 e. The van der Waals surface area contributed by atoms with Gasteiger partial charge in [-0.15, -0.1) is 0 Å². The van der Waals surface area contributed by atoms with Gasteiger partial charge >= 0.3 is 0 Å². The van der Waals surface area contributed by atoms with Gasteiger partial charge < -0.3 is 5.32 Å². The van der Waals surface area contributed by atoms with E-state index < -0.39 is 0 Å². The maximum atomic E-state index is 6.00. The van der Waals surface area contributed by atoms with Crippen molar-refractivity contribution in [1.82, 2.24) is 5.32 Å². The van der Waals surface area contributed by atoms with Crippen molar-refractivity contribution in [3.05, 3.63) is 55.6 Å². The molecule has 0 aliphatic heterocycles. The Morgan fingerprint density at radius 3 is 2.94 bits per heavy atom. The lowest BCUT2D eigenvalue weighted by Crippen LogP contribution is -2.27. The normalized spacial score (nSPS) is 12.6. The van der Waals surface area contributed by atoms with Gasteiger partial charge in [-0.3, -0.25) is 0 Å². The number of thiophene rings is 1. The first-order valence-corrected chi connectivity index (χ1v) is 7.95. The molecule has 0 aliphatic rings. The van der Waals surface area contributed by atoms with Crippen LogP contribution in [0.5, 0.6) is 0 Å². The molecule has 18 heavy (non-hydrogen) atoms. The molecule has 1 N–H and O–H groups in total. The van der Waals surface area contributed by atoms with Gasteiger partial charge in [-0.25, -0.2) is 0 Å². The molecular weight excluding hydrogens is 330 g/mol. The van der Waals surface area contributed by atoms with Crippen LogP contribution in [-0.4, -0.2) is 6.04 Å². The summed E-state index contributed by atoms with van der Waals surface area (Å²) in [6, 6.07) is 8.51. The van der Waals surface area contributed by atoms with Crippen molar-refractivity contribution in [1.29, 1.82) is 0 Å². The van der Waals surface area contributed by atoms with E-state index in [1.54, 1.807) is 11.3 Å². The van der Waals surface area contributed by atoms with E-state index in [0.29, 0.717) is 6.04 Å². The molecular formula is C14H15BrClNS. The van der Waals surface area contributed by atoms with Crippen molar-refractivity contribution in [2.75, 3.05) is 0 Å². The number of rotatable bonds is 5. The van der Waals surface area contributed by atoms with Crippen molar-refractivity contribution in [2.24, 2.45) is 0 Å². The molecule has 1 atom stereocenters. The highest BCUT2D eigenvalue weighted by atomic mass is 79.9. The summed E-state index contributed by atoms with van der Waals surface area (Å²) in [5.74, 6) is 0. The minimum atomic E-state index is 0.450. The van der Waals surface area contributed by atoms with Crippen LogP contribution in [0.25, 0.3) is 0 Å². The van der Waals surface area contributed by atoms with Crippen LogP contribution in [-0.2, 0) is 13.0 Å². The highest BCUT2D eigenvalue weighted by Crippen LogP contribution is 2.21. The zero-order chi connectivity index (χ0) is 13.0. The zero-order valence-electron chi connectivity index (χ0n) is 10.1. The second kappa shape index (κ2) is 6.71. The predicted octanol–water partition coefficient (Wildman–Crippen LogP) is 4.88. The van der Waals surface area contributed by atoms with Gasteiger partial charge in [-0.1, -0.05) is 27.5 Å². The quantitative estimate of drug-likeness (QED) is 0.814. The standard InChI is InChI=1S/C14H15BrClNS/c1-10(6-11-4-5-18-9-11)17-8-12-7-13(16)2-3-14(12)15/h2-5,7,9-10,17H,6,8H2,1H3. The fraction of sp³-hybridized carbons (Fsp3) is 0.286. The molecule has 0 amide bonds. The first-order chi connectivity index (χ1) is 8.65. The van der Waals surface area contributed by atoms with E-state index in [-0.39, 0.29) is 0 Å². The molecule has 0 saturated heterocycles. The molecule has 0 saturated carbocycles. The second-order valence-electron chi connectivity index (χ2n) is 4.35. The first kappa shape index (κ1) is 14.1. The van der Waals surface area contributed by atoms with Gasteiger partial charge in [0.1, 0.15) is 0 Å². The molecule has 96 valence electrons. The molecule has 2 rings (SSSR count). The SMILES string of the molecule is CC(Cc1ccsc1)NCc1cc(Cl)ccc1Br. The van der Waals surface area contributed by atoms with E-state index in [9.17, 15) is 0 Å². The predicted molar refractivity (Wildman–Crippen MR) is 83.5 cm³/mol. The van der Waals surface area contributed by atoms with Crippen molar-refractivity contribution >= 4 is 38.9 Å². The Morgan fingerprint density at radius 2 is 2.22 bits per heavy atom. The molecule has 0 fully saturated rings. The van der Waals surface area contributed by atoms with Crippen LogP contribution >= 0.6 is 38.9 Å². The van der Waals surface area contributed by atoms with Crippen LogP contribution in [0.15, 0.2) is 39.5 Å². The summed E-state index contributed by atoms with van der Waals surface area (Å²) in [6.45, 7) is 3.03.